The monoisotopic (exact) mass is 316 g/mol. The van der Waals surface area contributed by atoms with Crippen LogP contribution in [-0.2, 0) is 6.54 Å². The highest BCUT2D eigenvalue weighted by atomic mass is 35.5. The number of hydrazone groups is 1. The van der Waals surface area contributed by atoms with Crippen LogP contribution in [0.2, 0.25) is 15.2 Å². The second kappa shape index (κ2) is 5.82. The van der Waals surface area contributed by atoms with Gasteiger partial charge in [0.05, 0.1) is 24.0 Å². The van der Waals surface area contributed by atoms with E-state index >= 15 is 0 Å². The van der Waals surface area contributed by atoms with E-state index in [0.717, 1.165) is 11.3 Å². The second-order valence-corrected chi connectivity index (χ2v) is 5.10. The summed E-state index contributed by atoms with van der Waals surface area (Å²) < 4.78 is 1.61. The fourth-order valence-electron chi connectivity index (χ4n) is 1.73. The third-order valence-corrected chi connectivity index (χ3v) is 3.79. The summed E-state index contributed by atoms with van der Waals surface area (Å²) >= 11 is 18.5. The van der Waals surface area contributed by atoms with E-state index in [2.05, 4.69) is 10.2 Å². The van der Waals surface area contributed by atoms with Gasteiger partial charge in [-0.1, -0.05) is 40.9 Å². The molecule has 2 aromatic rings. The van der Waals surface area contributed by atoms with Gasteiger partial charge in [0, 0.05) is 15.6 Å². The van der Waals surface area contributed by atoms with Gasteiger partial charge in [-0.25, -0.2) is 4.68 Å². The van der Waals surface area contributed by atoms with Crippen molar-refractivity contribution in [2.24, 2.45) is 10.9 Å². The second-order valence-electron chi connectivity index (χ2n) is 3.93. The first kappa shape index (κ1) is 14.2. The van der Waals surface area contributed by atoms with Crippen LogP contribution in [0.15, 0.2) is 23.3 Å². The molecule has 1 aromatic carbocycles. The summed E-state index contributed by atoms with van der Waals surface area (Å²) in [6.07, 6.45) is 1.47. The van der Waals surface area contributed by atoms with Crippen molar-refractivity contribution in [3.63, 3.8) is 0 Å². The molecule has 0 aliphatic rings. The Labute approximate surface area is 125 Å². The van der Waals surface area contributed by atoms with E-state index < -0.39 is 0 Å². The summed E-state index contributed by atoms with van der Waals surface area (Å²) in [4.78, 5) is 0. The minimum absolute atomic E-state index is 0.386. The summed E-state index contributed by atoms with van der Waals surface area (Å²) in [6, 6.07) is 5.33. The Kier molecular flexibility index (Phi) is 4.34. The normalized spacial score (nSPS) is 11.4. The topological polar surface area (TPSA) is 56.2 Å². The molecular formula is C12H11Cl3N4. The van der Waals surface area contributed by atoms with Crippen LogP contribution in [0.25, 0.3) is 0 Å². The Bertz CT molecular complexity index is 614. The van der Waals surface area contributed by atoms with Crippen molar-refractivity contribution in [2.45, 2.75) is 13.5 Å². The predicted molar refractivity (Wildman–Crippen MR) is 79.3 cm³/mol. The zero-order valence-electron chi connectivity index (χ0n) is 10.1. The van der Waals surface area contributed by atoms with Crippen molar-refractivity contribution >= 4 is 41.0 Å². The molecule has 1 heterocycles. The molecule has 100 valence electrons. The van der Waals surface area contributed by atoms with Crippen LogP contribution in [0.3, 0.4) is 0 Å². The summed E-state index contributed by atoms with van der Waals surface area (Å²) in [6.45, 7) is 2.21. The maximum atomic E-state index is 6.23. The molecule has 0 bridgehead atoms. The van der Waals surface area contributed by atoms with Gasteiger partial charge >= 0.3 is 0 Å². The molecule has 0 unspecified atom stereocenters. The molecule has 0 atom stereocenters. The van der Waals surface area contributed by atoms with Gasteiger partial charge in [-0.3, -0.25) is 0 Å². The van der Waals surface area contributed by atoms with Crippen LogP contribution in [-0.4, -0.2) is 16.0 Å². The number of aromatic nitrogens is 2. The zero-order valence-corrected chi connectivity index (χ0v) is 12.3. The molecule has 0 fully saturated rings. The van der Waals surface area contributed by atoms with Crippen LogP contribution in [0, 0.1) is 6.92 Å². The maximum Gasteiger partial charge on any atom is 0.136 e. The summed E-state index contributed by atoms with van der Waals surface area (Å²) in [5.41, 5.74) is 2.20. The Hall–Kier alpha value is -1.23. The van der Waals surface area contributed by atoms with E-state index in [0.29, 0.717) is 27.3 Å². The van der Waals surface area contributed by atoms with E-state index in [9.17, 15) is 0 Å². The maximum absolute atomic E-state index is 6.23. The minimum Gasteiger partial charge on any atom is -0.323 e. The number of halogens is 3. The lowest BCUT2D eigenvalue weighted by Crippen LogP contribution is -2.03. The van der Waals surface area contributed by atoms with E-state index in [-0.39, 0.29) is 0 Å². The SMILES string of the molecule is Cc1nn(Cc2c(Cl)cccc2Cl)c(Cl)c1/C=N\N. The first-order valence-corrected chi connectivity index (χ1v) is 6.57. The van der Waals surface area contributed by atoms with Gasteiger partial charge < -0.3 is 5.84 Å². The van der Waals surface area contributed by atoms with Gasteiger partial charge in [-0.05, 0) is 19.1 Å². The number of hydrogen-bond donors (Lipinski definition) is 1. The molecule has 0 radical (unpaired) electrons. The van der Waals surface area contributed by atoms with Crippen molar-refractivity contribution in [3.05, 3.63) is 50.2 Å². The molecule has 7 heteroatoms. The fourth-order valence-corrected chi connectivity index (χ4v) is 2.53. The van der Waals surface area contributed by atoms with Crippen LogP contribution in [0.5, 0.6) is 0 Å². The van der Waals surface area contributed by atoms with Gasteiger partial charge in [0.25, 0.3) is 0 Å². The lowest BCUT2D eigenvalue weighted by Gasteiger charge is -2.07. The largest absolute Gasteiger partial charge is 0.323 e. The number of rotatable bonds is 3. The smallest absolute Gasteiger partial charge is 0.136 e. The Morgan fingerprint density at radius 1 is 1.32 bits per heavy atom. The molecule has 0 saturated carbocycles. The van der Waals surface area contributed by atoms with Crippen LogP contribution in [0.1, 0.15) is 16.8 Å². The van der Waals surface area contributed by atoms with Crippen molar-refractivity contribution in [2.75, 3.05) is 0 Å². The molecule has 0 aliphatic heterocycles. The number of nitrogens with two attached hydrogens (primary N) is 1. The number of aryl methyl sites for hydroxylation is 1. The molecule has 0 aliphatic carbocycles. The Balaban J connectivity index is 2.42. The molecule has 2 N–H and O–H groups in total. The summed E-state index contributed by atoms with van der Waals surface area (Å²) in [5.74, 6) is 5.14. The number of nitrogens with zero attached hydrogens (tertiary/aromatic N) is 3. The van der Waals surface area contributed by atoms with Crippen molar-refractivity contribution in [3.8, 4) is 0 Å². The van der Waals surface area contributed by atoms with Crippen molar-refractivity contribution in [1.29, 1.82) is 0 Å². The van der Waals surface area contributed by atoms with E-state index in [1.807, 2.05) is 6.92 Å². The molecule has 0 saturated heterocycles. The van der Waals surface area contributed by atoms with E-state index in [1.165, 1.54) is 6.21 Å². The fraction of sp³-hybridized carbons (Fsp3) is 0.167. The predicted octanol–water partition coefficient (Wildman–Crippen LogP) is 3.49. The average molecular weight is 318 g/mol. The van der Waals surface area contributed by atoms with Crippen molar-refractivity contribution < 1.29 is 0 Å². The molecular weight excluding hydrogens is 307 g/mol. The summed E-state index contributed by atoms with van der Waals surface area (Å²) in [5, 5.41) is 9.39. The van der Waals surface area contributed by atoms with Crippen LogP contribution >= 0.6 is 34.8 Å². The van der Waals surface area contributed by atoms with Gasteiger partial charge in [-0.15, -0.1) is 0 Å². The molecule has 19 heavy (non-hydrogen) atoms. The van der Waals surface area contributed by atoms with Crippen molar-refractivity contribution in [1.82, 2.24) is 9.78 Å². The third-order valence-electron chi connectivity index (χ3n) is 2.68. The van der Waals surface area contributed by atoms with Gasteiger partial charge in [-0.2, -0.15) is 10.2 Å². The lowest BCUT2D eigenvalue weighted by atomic mass is 10.2. The number of benzene rings is 1. The lowest BCUT2D eigenvalue weighted by molar-refractivity contribution is 0.680. The standard InChI is InChI=1S/C12H11Cl3N4/c1-7-8(5-17-16)12(15)19(18-7)6-9-10(13)3-2-4-11(9)14/h2-5H,6,16H2,1H3/b17-5-. The van der Waals surface area contributed by atoms with Gasteiger partial charge in [0.1, 0.15) is 5.15 Å². The highest BCUT2D eigenvalue weighted by Gasteiger charge is 2.14. The molecule has 0 spiro atoms. The van der Waals surface area contributed by atoms with Gasteiger partial charge in [0.15, 0.2) is 0 Å². The molecule has 0 amide bonds. The quantitative estimate of drug-likeness (QED) is 0.535. The Morgan fingerprint density at radius 2 is 1.95 bits per heavy atom. The summed E-state index contributed by atoms with van der Waals surface area (Å²) in [7, 11) is 0. The molecule has 2 rings (SSSR count). The van der Waals surface area contributed by atoms with E-state index in [1.54, 1.807) is 22.9 Å². The molecule has 1 aromatic heterocycles. The van der Waals surface area contributed by atoms with Crippen LogP contribution < -0.4 is 5.84 Å². The minimum atomic E-state index is 0.386. The van der Waals surface area contributed by atoms with Crippen LogP contribution in [0.4, 0.5) is 0 Å². The first-order valence-electron chi connectivity index (χ1n) is 5.43. The number of hydrogen-bond acceptors (Lipinski definition) is 3. The highest BCUT2D eigenvalue weighted by Crippen LogP contribution is 2.27. The Morgan fingerprint density at radius 3 is 2.53 bits per heavy atom. The zero-order chi connectivity index (χ0) is 14.0. The van der Waals surface area contributed by atoms with E-state index in [4.69, 9.17) is 40.6 Å². The average Bonchev–Trinajstić information content (AvgIpc) is 2.62. The first-order chi connectivity index (χ1) is 9.04. The highest BCUT2D eigenvalue weighted by molar-refractivity contribution is 6.36. The third kappa shape index (κ3) is 2.86. The molecule has 4 nitrogen and oxygen atoms in total. The van der Waals surface area contributed by atoms with Gasteiger partial charge in [0.2, 0.25) is 0 Å².